The van der Waals surface area contributed by atoms with Crippen molar-refractivity contribution in [2.75, 3.05) is 18.5 Å². The third-order valence-corrected chi connectivity index (χ3v) is 6.16. The summed E-state index contributed by atoms with van der Waals surface area (Å²) in [5.74, 6) is -0.246. The minimum atomic E-state index is -0.533. The third kappa shape index (κ3) is 4.48. The van der Waals surface area contributed by atoms with Crippen molar-refractivity contribution >= 4 is 55.8 Å². The van der Waals surface area contributed by atoms with E-state index in [9.17, 15) is 19.7 Å². The van der Waals surface area contributed by atoms with Gasteiger partial charge in [-0.05, 0) is 36.8 Å². The Balaban J connectivity index is 1.32. The van der Waals surface area contributed by atoms with E-state index in [4.69, 9.17) is 4.74 Å². The van der Waals surface area contributed by atoms with E-state index in [1.165, 1.54) is 18.5 Å². The number of nitro benzene ring substituents is 1. The molecule has 11 heteroatoms. The molecule has 0 atom stereocenters. The van der Waals surface area contributed by atoms with E-state index in [1.807, 2.05) is 24.3 Å². The van der Waals surface area contributed by atoms with Crippen molar-refractivity contribution in [1.82, 2.24) is 14.9 Å². The number of hydrogen-bond acceptors (Lipinski definition) is 8. The topological polar surface area (TPSA) is 128 Å². The van der Waals surface area contributed by atoms with Crippen molar-refractivity contribution in [2.24, 2.45) is 0 Å². The molecule has 0 unspecified atom stereocenters. The fraction of sp³-hybridized carbons (Fsp3) is 0.120. The number of imide groups is 1. The molecular weight excluding hydrogens is 530 g/mol. The van der Waals surface area contributed by atoms with Crippen LogP contribution < -0.4 is 10.1 Å². The summed E-state index contributed by atoms with van der Waals surface area (Å²) in [4.78, 5) is 45.9. The lowest BCUT2D eigenvalue weighted by Crippen LogP contribution is -2.31. The molecule has 0 saturated carbocycles. The summed E-state index contributed by atoms with van der Waals surface area (Å²) < 4.78 is 6.58. The van der Waals surface area contributed by atoms with Gasteiger partial charge in [0.1, 0.15) is 12.1 Å². The van der Waals surface area contributed by atoms with E-state index < -0.39 is 4.92 Å². The minimum Gasteiger partial charge on any atom is -0.487 e. The lowest BCUT2D eigenvalue weighted by Gasteiger charge is -2.14. The average molecular weight is 548 g/mol. The van der Waals surface area contributed by atoms with Crippen LogP contribution in [0, 0.1) is 10.1 Å². The zero-order chi connectivity index (χ0) is 25.2. The van der Waals surface area contributed by atoms with Gasteiger partial charge in [-0.25, -0.2) is 9.97 Å². The maximum atomic E-state index is 12.5. The molecule has 2 amide bonds. The summed E-state index contributed by atoms with van der Waals surface area (Å²) in [6.45, 7) is 0.199. The zero-order valence-corrected chi connectivity index (χ0v) is 20.3. The Morgan fingerprint density at radius 2 is 1.75 bits per heavy atom. The molecule has 5 rings (SSSR count). The van der Waals surface area contributed by atoms with Crippen molar-refractivity contribution in [3.05, 3.63) is 92.7 Å². The molecule has 0 fully saturated rings. The number of amides is 2. The summed E-state index contributed by atoms with van der Waals surface area (Å²) in [5, 5.41) is 15.4. The first-order valence-electron chi connectivity index (χ1n) is 11.0. The maximum absolute atomic E-state index is 12.5. The number of aromatic nitrogens is 2. The Bertz CT molecular complexity index is 1490. The summed E-state index contributed by atoms with van der Waals surface area (Å²) >= 11 is 3.41. The molecule has 0 radical (unpaired) electrons. The molecule has 3 aromatic carbocycles. The predicted molar refractivity (Wildman–Crippen MR) is 136 cm³/mol. The molecule has 4 aromatic rings. The average Bonchev–Trinajstić information content (AvgIpc) is 3.11. The lowest BCUT2D eigenvalue weighted by atomic mass is 10.1. The number of hydrogen-bond donors (Lipinski definition) is 1. The second-order valence-corrected chi connectivity index (χ2v) is 8.88. The number of carbonyl (C=O) groups is 2. The Morgan fingerprint density at radius 1 is 1.00 bits per heavy atom. The molecule has 0 bridgehead atoms. The van der Waals surface area contributed by atoms with E-state index in [0.29, 0.717) is 34.3 Å². The number of benzene rings is 3. The number of nitrogens with one attached hydrogen (secondary N) is 1. The van der Waals surface area contributed by atoms with E-state index in [-0.39, 0.29) is 36.4 Å². The smallest absolute Gasteiger partial charge is 0.311 e. The summed E-state index contributed by atoms with van der Waals surface area (Å²) in [5.41, 5.74) is 1.72. The number of anilines is 2. The highest BCUT2D eigenvalue weighted by Gasteiger charge is 2.34. The minimum absolute atomic E-state index is 0.0435. The zero-order valence-electron chi connectivity index (χ0n) is 18.7. The Labute approximate surface area is 213 Å². The highest BCUT2D eigenvalue weighted by Crippen LogP contribution is 2.35. The number of carbonyl (C=O) groups excluding carboxylic acids is 2. The van der Waals surface area contributed by atoms with Crippen molar-refractivity contribution in [1.29, 1.82) is 0 Å². The Morgan fingerprint density at radius 3 is 2.44 bits per heavy atom. The molecule has 1 aliphatic heterocycles. The second-order valence-electron chi connectivity index (χ2n) is 7.96. The van der Waals surface area contributed by atoms with Gasteiger partial charge >= 0.3 is 5.69 Å². The van der Waals surface area contributed by atoms with E-state index in [0.717, 1.165) is 15.1 Å². The first-order valence-corrected chi connectivity index (χ1v) is 11.8. The molecule has 0 spiro atoms. The summed E-state index contributed by atoms with van der Waals surface area (Å²) in [6.07, 6.45) is 1.67. The van der Waals surface area contributed by atoms with E-state index >= 15 is 0 Å². The molecule has 36 heavy (non-hydrogen) atoms. The van der Waals surface area contributed by atoms with Crippen LogP contribution in [-0.2, 0) is 0 Å². The Hall–Kier alpha value is -4.38. The molecule has 1 aliphatic rings. The van der Waals surface area contributed by atoms with Gasteiger partial charge in [0.05, 0.1) is 33.6 Å². The number of ether oxygens (including phenoxy) is 1. The van der Waals surface area contributed by atoms with Gasteiger partial charge in [-0.15, -0.1) is 0 Å². The van der Waals surface area contributed by atoms with Crippen LogP contribution in [0.3, 0.4) is 0 Å². The van der Waals surface area contributed by atoms with Gasteiger partial charge < -0.3 is 10.1 Å². The van der Waals surface area contributed by atoms with Gasteiger partial charge in [-0.1, -0.05) is 34.1 Å². The predicted octanol–water partition coefficient (Wildman–Crippen LogP) is 5.11. The number of nitro groups is 1. The fourth-order valence-electron chi connectivity index (χ4n) is 3.98. The van der Waals surface area contributed by atoms with Crippen molar-refractivity contribution in [3.63, 3.8) is 0 Å². The normalized spacial score (nSPS) is 12.6. The van der Waals surface area contributed by atoms with Crippen molar-refractivity contribution in [3.8, 4) is 5.75 Å². The quantitative estimate of drug-likeness (QED) is 0.139. The number of rotatable bonds is 8. The molecular formula is C25H18BrN5O5. The molecule has 1 N–H and O–H groups in total. The van der Waals surface area contributed by atoms with Gasteiger partial charge in [0, 0.05) is 28.8 Å². The second kappa shape index (κ2) is 9.70. The van der Waals surface area contributed by atoms with Crippen LogP contribution in [0.15, 0.2) is 71.5 Å². The molecule has 10 nitrogen and oxygen atoms in total. The van der Waals surface area contributed by atoms with Crippen LogP contribution >= 0.6 is 15.9 Å². The van der Waals surface area contributed by atoms with Gasteiger partial charge in [0.2, 0.25) is 0 Å². The largest absolute Gasteiger partial charge is 0.487 e. The molecule has 0 aliphatic carbocycles. The van der Waals surface area contributed by atoms with Gasteiger partial charge in [0.15, 0.2) is 5.75 Å². The molecule has 1 aromatic heterocycles. The number of fused-ring (bicyclic) bond motifs is 2. The first-order chi connectivity index (χ1) is 17.4. The summed E-state index contributed by atoms with van der Waals surface area (Å²) in [6, 6.07) is 16.9. The van der Waals surface area contributed by atoms with Crippen LogP contribution in [0.2, 0.25) is 0 Å². The Kier molecular flexibility index (Phi) is 6.30. The highest BCUT2D eigenvalue weighted by molar-refractivity contribution is 9.10. The first kappa shape index (κ1) is 23.4. The summed E-state index contributed by atoms with van der Waals surface area (Å²) in [7, 11) is 0. The van der Waals surface area contributed by atoms with Crippen LogP contribution in [0.25, 0.3) is 10.9 Å². The highest BCUT2D eigenvalue weighted by atomic mass is 79.9. The van der Waals surface area contributed by atoms with Crippen LogP contribution in [0.5, 0.6) is 5.75 Å². The van der Waals surface area contributed by atoms with Crippen LogP contribution in [0.1, 0.15) is 27.1 Å². The third-order valence-electron chi connectivity index (χ3n) is 5.66. The maximum Gasteiger partial charge on any atom is 0.311 e. The van der Waals surface area contributed by atoms with Crippen molar-refractivity contribution in [2.45, 2.75) is 6.42 Å². The van der Waals surface area contributed by atoms with E-state index in [2.05, 4.69) is 31.2 Å². The van der Waals surface area contributed by atoms with Gasteiger partial charge in [-0.3, -0.25) is 24.6 Å². The van der Waals surface area contributed by atoms with Crippen molar-refractivity contribution < 1.29 is 19.2 Å². The van der Waals surface area contributed by atoms with E-state index in [1.54, 1.807) is 24.3 Å². The van der Waals surface area contributed by atoms with Gasteiger partial charge in [0.25, 0.3) is 11.8 Å². The molecule has 180 valence electrons. The molecule has 2 heterocycles. The van der Waals surface area contributed by atoms with Crippen LogP contribution in [0.4, 0.5) is 17.2 Å². The monoisotopic (exact) mass is 547 g/mol. The van der Waals surface area contributed by atoms with Crippen LogP contribution in [-0.4, -0.2) is 44.8 Å². The van der Waals surface area contributed by atoms with Gasteiger partial charge in [-0.2, -0.15) is 0 Å². The number of nitrogens with zero attached hydrogens (tertiary/aromatic N) is 4. The number of halogens is 1. The molecule has 0 saturated heterocycles. The standard InChI is InChI=1S/C25H18BrN5O5/c26-15-5-3-6-16(11-15)29-23-19-12-21(31(34)35)22(13-20(19)27-14-28-23)36-10-4-9-30-24(32)17-7-1-2-8-18(17)25(30)33/h1-3,5-8,11-14H,4,9-10H2,(H,27,28,29). The SMILES string of the molecule is O=C1c2ccccc2C(=O)N1CCCOc1cc2ncnc(Nc3cccc(Br)c3)c2cc1[N+](=O)[O-]. The lowest BCUT2D eigenvalue weighted by molar-refractivity contribution is -0.385. The fourth-order valence-corrected chi connectivity index (χ4v) is 4.38.